The quantitative estimate of drug-likeness (QED) is 0.231. The number of aromatic nitrogens is 5. The number of pyridine rings is 2. The van der Waals surface area contributed by atoms with Crippen LogP contribution in [0.2, 0.25) is 0 Å². The van der Waals surface area contributed by atoms with E-state index in [-0.39, 0.29) is 0 Å². The van der Waals surface area contributed by atoms with E-state index in [4.69, 9.17) is 15.0 Å². The Kier molecular flexibility index (Phi) is 5.38. The molecule has 0 saturated carbocycles. The van der Waals surface area contributed by atoms with Gasteiger partial charge in [0.1, 0.15) is 11.3 Å². The first-order chi connectivity index (χ1) is 20.3. The van der Waals surface area contributed by atoms with E-state index in [0.717, 1.165) is 72.6 Å². The Morgan fingerprint density at radius 1 is 0.488 bits per heavy atom. The Labute approximate surface area is 236 Å². The van der Waals surface area contributed by atoms with Crippen LogP contribution in [0.3, 0.4) is 0 Å². The van der Waals surface area contributed by atoms with E-state index >= 15 is 0 Å². The summed E-state index contributed by atoms with van der Waals surface area (Å²) in [6.45, 7) is 0. The van der Waals surface area contributed by atoms with Crippen molar-refractivity contribution in [3.8, 4) is 45.3 Å². The van der Waals surface area contributed by atoms with E-state index in [0.29, 0.717) is 0 Å². The maximum Gasteiger partial charge on any atom is 0.160 e. The van der Waals surface area contributed by atoms with Crippen molar-refractivity contribution >= 4 is 27.3 Å². The fourth-order valence-electron chi connectivity index (χ4n) is 5.52. The summed E-state index contributed by atoms with van der Waals surface area (Å²) in [5.41, 5.74) is 8.53. The summed E-state index contributed by atoms with van der Waals surface area (Å²) in [6.07, 6.45) is 3.92. The van der Waals surface area contributed by atoms with Crippen LogP contribution in [0.4, 0.5) is 0 Å². The van der Waals surface area contributed by atoms with E-state index in [2.05, 4.69) is 76.2 Å². The number of para-hydroxylation sites is 1. The van der Waals surface area contributed by atoms with Crippen molar-refractivity contribution < 1.29 is 0 Å². The van der Waals surface area contributed by atoms with Gasteiger partial charge < -0.3 is 0 Å². The van der Waals surface area contributed by atoms with E-state index < -0.39 is 0 Å². The van der Waals surface area contributed by atoms with Gasteiger partial charge in [-0.2, -0.15) is 0 Å². The topological polar surface area (TPSA) is 56.0 Å². The van der Waals surface area contributed by atoms with E-state index in [1.165, 1.54) is 0 Å². The Bertz CT molecular complexity index is 2180. The van der Waals surface area contributed by atoms with Gasteiger partial charge in [0.15, 0.2) is 5.82 Å². The molecule has 0 N–H and O–H groups in total. The number of hydrogen-bond donors (Lipinski definition) is 0. The first-order valence-corrected chi connectivity index (χ1v) is 13.6. The highest BCUT2D eigenvalue weighted by Gasteiger charge is 2.19. The van der Waals surface area contributed by atoms with Crippen molar-refractivity contribution in [1.29, 1.82) is 0 Å². The van der Waals surface area contributed by atoms with Crippen LogP contribution in [-0.2, 0) is 0 Å². The molecule has 8 aromatic rings. The summed E-state index contributed by atoms with van der Waals surface area (Å²) in [5, 5.41) is 3.29. The van der Waals surface area contributed by atoms with Crippen molar-refractivity contribution in [2.24, 2.45) is 0 Å². The van der Waals surface area contributed by atoms with Gasteiger partial charge in [-0.25, -0.2) is 15.0 Å². The Morgan fingerprint density at radius 2 is 1.22 bits per heavy atom. The van der Waals surface area contributed by atoms with Gasteiger partial charge in [0.2, 0.25) is 0 Å². The summed E-state index contributed by atoms with van der Waals surface area (Å²) in [7, 11) is 0. The van der Waals surface area contributed by atoms with Crippen molar-refractivity contribution in [3.63, 3.8) is 0 Å². The number of fused-ring (bicyclic) bond motifs is 4. The zero-order valence-corrected chi connectivity index (χ0v) is 22.0. The normalized spacial score (nSPS) is 11.4. The molecule has 4 heterocycles. The zero-order chi connectivity index (χ0) is 27.2. The van der Waals surface area contributed by atoms with Crippen molar-refractivity contribution in [2.45, 2.75) is 0 Å². The Balaban J connectivity index is 1.32. The molecule has 0 aliphatic carbocycles. The molecular weight excluding hydrogens is 502 g/mol. The van der Waals surface area contributed by atoms with Gasteiger partial charge in [-0.05, 0) is 29.7 Å². The van der Waals surface area contributed by atoms with Gasteiger partial charge >= 0.3 is 0 Å². The standard InChI is InChI=1S/C36H23N5/c1-2-11-27(12-3-1)35-38-30-15-7-6-14-29(30)32(39-35)25-17-19-26(20-18-25)34-33(31-16-8-9-22-37-31)40-36-28-13-5-4-10-24(28)21-23-41(34)36/h1-23H. The van der Waals surface area contributed by atoms with Crippen LogP contribution in [0.15, 0.2) is 140 Å². The maximum atomic E-state index is 5.13. The molecule has 0 atom stereocenters. The number of rotatable bonds is 4. The lowest BCUT2D eigenvalue weighted by Gasteiger charge is -2.11. The molecule has 0 aliphatic rings. The molecule has 0 saturated heterocycles. The second kappa shape index (κ2) is 9.50. The Morgan fingerprint density at radius 3 is 2.05 bits per heavy atom. The smallest absolute Gasteiger partial charge is 0.160 e. The highest BCUT2D eigenvalue weighted by molar-refractivity contribution is 5.98. The van der Waals surface area contributed by atoms with E-state index in [1.807, 2.05) is 72.9 Å². The minimum absolute atomic E-state index is 0.717. The molecule has 4 aromatic heterocycles. The lowest BCUT2D eigenvalue weighted by atomic mass is 10.0. The molecule has 4 aromatic carbocycles. The molecule has 5 nitrogen and oxygen atoms in total. The van der Waals surface area contributed by atoms with Crippen LogP contribution in [0.25, 0.3) is 72.6 Å². The van der Waals surface area contributed by atoms with Crippen LogP contribution >= 0.6 is 0 Å². The number of benzene rings is 4. The molecule has 0 fully saturated rings. The summed E-state index contributed by atoms with van der Waals surface area (Å²) in [6, 6.07) is 43.3. The fourth-order valence-corrected chi connectivity index (χ4v) is 5.52. The lowest BCUT2D eigenvalue weighted by molar-refractivity contribution is 1.20. The highest BCUT2D eigenvalue weighted by Crippen LogP contribution is 2.36. The lowest BCUT2D eigenvalue weighted by Crippen LogP contribution is -1.95. The van der Waals surface area contributed by atoms with Gasteiger partial charge in [-0.3, -0.25) is 9.38 Å². The summed E-state index contributed by atoms with van der Waals surface area (Å²) in [5.74, 6) is 0.717. The third-order valence-corrected chi connectivity index (χ3v) is 7.49. The third kappa shape index (κ3) is 3.95. The van der Waals surface area contributed by atoms with Gasteiger partial charge in [-0.1, -0.05) is 103 Å². The molecule has 41 heavy (non-hydrogen) atoms. The predicted octanol–water partition coefficient (Wildman–Crippen LogP) is 8.49. The largest absolute Gasteiger partial charge is 0.298 e. The van der Waals surface area contributed by atoms with Gasteiger partial charge in [0.25, 0.3) is 0 Å². The minimum Gasteiger partial charge on any atom is -0.298 e. The van der Waals surface area contributed by atoms with Crippen LogP contribution in [0.5, 0.6) is 0 Å². The molecule has 0 aliphatic heterocycles. The average molecular weight is 526 g/mol. The van der Waals surface area contributed by atoms with E-state index in [1.54, 1.807) is 0 Å². The number of nitrogens with zero attached hydrogens (tertiary/aromatic N) is 5. The van der Waals surface area contributed by atoms with Crippen molar-refractivity contribution in [2.75, 3.05) is 0 Å². The number of hydrogen-bond acceptors (Lipinski definition) is 4. The highest BCUT2D eigenvalue weighted by atomic mass is 15.0. The van der Waals surface area contributed by atoms with E-state index in [9.17, 15) is 0 Å². The minimum atomic E-state index is 0.717. The molecule has 5 heteroatoms. The maximum absolute atomic E-state index is 5.13. The summed E-state index contributed by atoms with van der Waals surface area (Å²) >= 11 is 0. The first kappa shape index (κ1) is 23.2. The van der Waals surface area contributed by atoms with Gasteiger partial charge in [0.05, 0.1) is 22.6 Å². The van der Waals surface area contributed by atoms with Crippen LogP contribution in [0.1, 0.15) is 0 Å². The Hall–Kier alpha value is -5.68. The molecule has 8 rings (SSSR count). The second-order valence-electron chi connectivity index (χ2n) is 9.98. The third-order valence-electron chi connectivity index (χ3n) is 7.49. The molecule has 192 valence electrons. The summed E-state index contributed by atoms with van der Waals surface area (Å²) < 4.78 is 2.18. The predicted molar refractivity (Wildman–Crippen MR) is 165 cm³/mol. The first-order valence-electron chi connectivity index (χ1n) is 13.6. The van der Waals surface area contributed by atoms with Crippen molar-refractivity contribution in [3.05, 3.63) is 140 Å². The molecule has 0 unspecified atom stereocenters. The molecule has 0 radical (unpaired) electrons. The molecular formula is C36H23N5. The monoisotopic (exact) mass is 525 g/mol. The zero-order valence-electron chi connectivity index (χ0n) is 22.0. The SMILES string of the molecule is c1ccc(-c2nc(-c3ccc(-c4c(-c5ccccn5)nc5c6ccccc6ccn45)cc3)c3ccccc3n2)cc1. The fraction of sp³-hybridized carbons (Fsp3) is 0. The number of imidazole rings is 1. The van der Waals surface area contributed by atoms with Crippen LogP contribution in [-0.4, -0.2) is 24.3 Å². The second-order valence-corrected chi connectivity index (χ2v) is 9.98. The molecule has 0 amide bonds. The van der Waals surface area contributed by atoms with Crippen LogP contribution in [0, 0.1) is 0 Å². The molecule has 0 spiro atoms. The average Bonchev–Trinajstić information content (AvgIpc) is 3.45. The van der Waals surface area contributed by atoms with Crippen LogP contribution < -0.4 is 0 Å². The van der Waals surface area contributed by atoms with Gasteiger partial charge in [0, 0.05) is 39.9 Å². The van der Waals surface area contributed by atoms with Gasteiger partial charge in [-0.15, -0.1) is 0 Å². The molecule has 0 bridgehead atoms. The van der Waals surface area contributed by atoms with Crippen molar-refractivity contribution in [1.82, 2.24) is 24.3 Å². The summed E-state index contributed by atoms with van der Waals surface area (Å²) in [4.78, 5) is 19.7.